The number of amides is 1. The molecule has 0 bridgehead atoms. The number of benzene rings is 1. The van der Waals surface area contributed by atoms with Gasteiger partial charge in [-0.3, -0.25) is 4.79 Å². The molecular formula is C12H12ClN3O2. The van der Waals surface area contributed by atoms with Crippen molar-refractivity contribution in [2.75, 3.05) is 18.5 Å². The van der Waals surface area contributed by atoms with Gasteiger partial charge in [-0.05, 0) is 24.6 Å². The van der Waals surface area contributed by atoms with Crippen molar-refractivity contribution in [3.63, 3.8) is 0 Å². The van der Waals surface area contributed by atoms with Crippen LogP contribution in [0.1, 0.15) is 12.0 Å². The van der Waals surface area contributed by atoms with E-state index in [2.05, 4.69) is 5.32 Å². The smallest absolute Gasteiger partial charge is 0.246 e. The van der Waals surface area contributed by atoms with Crippen LogP contribution < -0.4 is 11.1 Å². The second-order valence-electron chi connectivity index (χ2n) is 4.22. The lowest BCUT2D eigenvalue weighted by Crippen LogP contribution is -2.51. The fourth-order valence-corrected chi connectivity index (χ4v) is 1.92. The van der Waals surface area contributed by atoms with E-state index in [4.69, 9.17) is 27.3 Å². The van der Waals surface area contributed by atoms with Crippen molar-refractivity contribution in [1.29, 1.82) is 5.26 Å². The molecule has 2 rings (SSSR count). The summed E-state index contributed by atoms with van der Waals surface area (Å²) in [6, 6.07) is 6.63. The molecule has 0 saturated carbocycles. The molecule has 3 N–H and O–H groups in total. The summed E-state index contributed by atoms with van der Waals surface area (Å²) < 4.78 is 5.12. The van der Waals surface area contributed by atoms with E-state index in [-0.39, 0.29) is 12.5 Å². The lowest BCUT2D eigenvalue weighted by molar-refractivity contribution is -0.121. The van der Waals surface area contributed by atoms with Crippen molar-refractivity contribution in [2.24, 2.45) is 5.73 Å². The van der Waals surface area contributed by atoms with Crippen molar-refractivity contribution in [3.8, 4) is 6.07 Å². The Bertz CT molecular complexity index is 519. The fraction of sp³-hybridized carbons (Fsp3) is 0.333. The largest absolute Gasteiger partial charge is 0.379 e. The monoisotopic (exact) mass is 265 g/mol. The van der Waals surface area contributed by atoms with Crippen LogP contribution in [0.2, 0.25) is 5.02 Å². The molecule has 1 amide bonds. The Morgan fingerprint density at radius 1 is 1.61 bits per heavy atom. The van der Waals surface area contributed by atoms with Gasteiger partial charge in [0.05, 0.1) is 17.2 Å². The van der Waals surface area contributed by atoms with Crippen molar-refractivity contribution in [1.82, 2.24) is 0 Å². The van der Waals surface area contributed by atoms with E-state index in [1.807, 2.05) is 6.07 Å². The Hall–Kier alpha value is -1.61. The van der Waals surface area contributed by atoms with Crippen LogP contribution in [0.15, 0.2) is 18.2 Å². The fourth-order valence-electron chi connectivity index (χ4n) is 1.70. The van der Waals surface area contributed by atoms with Gasteiger partial charge >= 0.3 is 0 Å². The van der Waals surface area contributed by atoms with Crippen molar-refractivity contribution >= 4 is 23.2 Å². The number of rotatable bonds is 2. The first kappa shape index (κ1) is 12.8. The summed E-state index contributed by atoms with van der Waals surface area (Å²) in [5, 5.41) is 11.7. The summed E-state index contributed by atoms with van der Waals surface area (Å²) >= 11 is 5.88. The van der Waals surface area contributed by atoms with Crippen LogP contribution in [-0.4, -0.2) is 24.7 Å². The average Bonchev–Trinajstić information content (AvgIpc) is 2.78. The normalized spacial score (nSPS) is 22.5. The molecule has 0 radical (unpaired) electrons. The molecule has 1 fully saturated rings. The maximum Gasteiger partial charge on any atom is 0.246 e. The maximum atomic E-state index is 12.0. The van der Waals surface area contributed by atoms with E-state index in [1.54, 1.807) is 12.1 Å². The summed E-state index contributed by atoms with van der Waals surface area (Å²) in [4.78, 5) is 12.0. The van der Waals surface area contributed by atoms with Gasteiger partial charge in [-0.1, -0.05) is 11.6 Å². The maximum absolute atomic E-state index is 12.0. The molecule has 1 unspecified atom stereocenters. The third-order valence-electron chi connectivity index (χ3n) is 2.85. The van der Waals surface area contributed by atoms with Crippen LogP contribution in [0.25, 0.3) is 0 Å². The minimum atomic E-state index is -0.986. The van der Waals surface area contributed by atoms with Crippen LogP contribution in [0.3, 0.4) is 0 Å². The van der Waals surface area contributed by atoms with E-state index in [0.717, 1.165) is 0 Å². The number of nitriles is 1. The Labute approximate surface area is 109 Å². The predicted octanol–water partition coefficient (Wildman–Crippen LogP) is 1.27. The molecule has 0 spiro atoms. The van der Waals surface area contributed by atoms with Crippen LogP contribution in [0.5, 0.6) is 0 Å². The molecule has 1 saturated heterocycles. The van der Waals surface area contributed by atoms with Gasteiger partial charge in [0.2, 0.25) is 5.91 Å². The lowest BCUT2D eigenvalue weighted by atomic mass is 9.99. The second kappa shape index (κ2) is 4.94. The molecule has 6 heteroatoms. The van der Waals surface area contributed by atoms with Gasteiger partial charge in [0, 0.05) is 12.3 Å². The minimum absolute atomic E-state index is 0.211. The van der Waals surface area contributed by atoms with E-state index in [9.17, 15) is 4.79 Å². The number of carbonyl (C=O) groups excluding carboxylic acids is 1. The van der Waals surface area contributed by atoms with Gasteiger partial charge in [0.25, 0.3) is 0 Å². The standard InChI is InChI=1S/C12H12ClN3O2/c13-10-5-9(2-1-8(10)6-14)16-11(17)12(15)3-4-18-7-12/h1-2,5H,3-4,7,15H2,(H,16,17). The first-order valence-corrected chi connectivity index (χ1v) is 5.81. The first-order chi connectivity index (χ1) is 8.55. The number of hydrogen-bond donors (Lipinski definition) is 2. The third kappa shape index (κ3) is 2.46. The summed E-state index contributed by atoms with van der Waals surface area (Å²) in [6.07, 6.45) is 0.489. The highest BCUT2D eigenvalue weighted by atomic mass is 35.5. The summed E-state index contributed by atoms with van der Waals surface area (Å²) in [5.41, 5.74) is 5.81. The van der Waals surface area contributed by atoms with Gasteiger partial charge in [-0.25, -0.2) is 0 Å². The topological polar surface area (TPSA) is 88.1 Å². The minimum Gasteiger partial charge on any atom is -0.379 e. The number of nitrogens with two attached hydrogens (primary N) is 1. The molecule has 0 aromatic heterocycles. The van der Waals surface area contributed by atoms with Gasteiger partial charge in [0.1, 0.15) is 11.6 Å². The Morgan fingerprint density at radius 3 is 2.94 bits per heavy atom. The summed E-state index contributed by atoms with van der Waals surface area (Å²) in [5.74, 6) is -0.305. The van der Waals surface area contributed by atoms with E-state index in [1.165, 1.54) is 6.07 Å². The molecule has 1 heterocycles. The second-order valence-corrected chi connectivity index (χ2v) is 4.63. The molecule has 1 aliphatic heterocycles. The number of ether oxygens (including phenoxy) is 1. The zero-order chi connectivity index (χ0) is 13.2. The molecule has 18 heavy (non-hydrogen) atoms. The molecule has 1 atom stereocenters. The van der Waals surface area contributed by atoms with Gasteiger partial charge in [-0.2, -0.15) is 5.26 Å². The van der Waals surface area contributed by atoms with Crippen LogP contribution in [0, 0.1) is 11.3 Å². The first-order valence-electron chi connectivity index (χ1n) is 5.43. The molecule has 1 aromatic rings. The summed E-state index contributed by atoms with van der Waals surface area (Å²) in [6.45, 7) is 0.695. The molecular weight excluding hydrogens is 254 g/mol. The lowest BCUT2D eigenvalue weighted by Gasteiger charge is -2.20. The summed E-state index contributed by atoms with van der Waals surface area (Å²) in [7, 11) is 0. The Balaban J connectivity index is 2.12. The highest BCUT2D eigenvalue weighted by Crippen LogP contribution is 2.22. The van der Waals surface area contributed by atoms with Gasteiger partial charge in [0.15, 0.2) is 0 Å². The van der Waals surface area contributed by atoms with Crippen molar-refractivity contribution < 1.29 is 9.53 Å². The molecule has 5 nitrogen and oxygen atoms in total. The third-order valence-corrected chi connectivity index (χ3v) is 3.16. The molecule has 94 valence electrons. The van der Waals surface area contributed by atoms with E-state index >= 15 is 0 Å². The molecule has 0 aliphatic carbocycles. The van der Waals surface area contributed by atoms with Gasteiger partial charge < -0.3 is 15.8 Å². The van der Waals surface area contributed by atoms with Crippen molar-refractivity contribution in [3.05, 3.63) is 28.8 Å². The van der Waals surface area contributed by atoms with E-state index in [0.29, 0.717) is 29.3 Å². The number of nitrogens with zero attached hydrogens (tertiary/aromatic N) is 1. The molecule has 1 aromatic carbocycles. The van der Waals surface area contributed by atoms with Crippen LogP contribution in [0.4, 0.5) is 5.69 Å². The number of nitrogens with one attached hydrogen (secondary N) is 1. The van der Waals surface area contributed by atoms with E-state index < -0.39 is 5.54 Å². The van der Waals surface area contributed by atoms with Crippen LogP contribution >= 0.6 is 11.6 Å². The van der Waals surface area contributed by atoms with Crippen molar-refractivity contribution in [2.45, 2.75) is 12.0 Å². The van der Waals surface area contributed by atoms with Crippen LogP contribution in [-0.2, 0) is 9.53 Å². The Morgan fingerprint density at radius 2 is 2.39 bits per heavy atom. The highest BCUT2D eigenvalue weighted by molar-refractivity contribution is 6.32. The average molecular weight is 266 g/mol. The number of carbonyl (C=O) groups is 1. The number of hydrogen-bond acceptors (Lipinski definition) is 4. The quantitative estimate of drug-likeness (QED) is 0.843. The SMILES string of the molecule is N#Cc1ccc(NC(=O)C2(N)CCOC2)cc1Cl. The zero-order valence-corrected chi connectivity index (χ0v) is 10.3. The molecule has 1 aliphatic rings. The highest BCUT2D eigenvalue weighted by Gasteiger charge is 2.38. The Kier molecular flexibility index (Phi) is 3.53. The predicted molar refractivity (Wildman–Crippen MR) is 67.2 cm³/mol. The zero-order valence-electron chi connectivity index (χ0n) is 9.57. The number of anilines is 1. The number of halogens is 1. The van der Waals surface area contributed by atoms with Gasteiger partial charge in [-0.15, -0.1) is 0 Å².